The normalized spacial score (nSPS) is 28.3. The summed E-state index contributed by atoms with van der Waals surface area (Å²) in [5.41, 5.74) is 1.21. The minimum absolute atomic E-state index is 0.156. The van der Waals surface area contributed by atoms with Crippen LogP contribution in [0.3, 0.4) is 0 Å². The molecule has 1 fully saturated rings. The SMILES string of the molecule is COC(=O)C1CC(O)(c2ccc(C)cc2)C1. The van der Waals surface area contributed by atoms with E-state index in [4.69, 9.17) is 0 Å². The minimum Gasteiger partial charge on any atom is -0.469 e. The number of benzene rings is 1. The maximum absolute atomic E-state index is 11.2. The minimum atomic E-state index is -0.841. The second-order valence-corrected chi connectivity index (χ2v) is 4.53. The van der Waals surface area contributed by atoms with Crippen LogP contribution in [0.5, 0.6) is 0 Å². The van der Waals surface area contributed by atoms with Gasteiger partial charge in [0.1, 0.15) is 0 Å². The van der Waals surface area contributed by atoms with E-state index in [1.807, 2.05) is 31.2 Å². The van der Waals surface area contributed by atoms with E-state index in [9.17, 15) is 9.90 Å². The van der Waals surface area contributed by atoms with Crippen LogP contribution in [-0.4, -0.2) is 18.2 Å². The second kappa shape index (κ2) is 3.91. The van der Waals surface area contributed by atoms with E-state index in [0.717, 1.165) is 11.1 Å². The Labute approximate surface area is 95.0 Å². The van der Waals surface area contributed by atoms with Gasteiger partial charge in [-0.1, -0.05) is 29.8 Å². The van der Waals surface area contributed by atoms with Crippen molar-refractivity contribution in [3.8, 4) is 0 Å². The third-order valence-electron chi connectivity index (χ3n) is 3.29. The van der Waals surface area contributed by atoms with Crippen LogP contribution in [0.15, 0.2) is 24.3 Å². The van der Waals surface area contributed by atoms with Crippen molar-refractivity contribution >= 4 is 5.97 Å². The highest BCUT2D eigenvalue weighted by atomic mass is 16.5. The Morgan fingerprint density at radius 3 is 2.44 bits per heavy atom. The van der Waals surface area contributed by atoms with Gasteiger partial charge < -0.3 is 9.84 Å². The molecule has 0 aliphatic heterocycles. The van der Waals surface area contributed by atoms with E-state index >= 15 is 0 Å². The fraction of sp³-hybridized carbons (Fsp3) is 0.462. The molecule has 0 aromatic heterocycles. The molecule has 0 atom stereocenters. The molecule has 0 spiro atoms. The number of methoxy groups -OCH3 is 1. The fourth-order valence-corrected chi connectivity index (χ4v) is 2.19. The first-order chi connectivity index (χ1) is 7.55. The Hall–Kier alpha value is -1.35. The zero-order valence-corrected chi connectivity index (χ0v) is 9.56. The van der Waals surface area contributed by atoms with E-state index in [1.165, 1.54) is 7.11 Å². The van der Waals surface area contributed by atoms with E-state index in [2.05, 4.69) is 4.74 Å². The van der Waals surface area contributed by atoms with Crippen LogP contribution in [0.2, 0.25) is 0 Å². The average molecular weight is 220 g/mol. The second-order valence-electron chi connectivity index (χ2n) is 4.53. The van der Waals surface area contributed by atoms with E-state index < -0.39 is 5.60 Å². The van der Waals surface area contributed by atoms with Crippen LogP contribution in [0.1, 0.15) is 24.0 Å². The zero-order chi connectivity index (χ0) is 11.8. The van der Waals surface area contributed by atoms with Crippen LogP contribution in [0.4, 0.5) is 0 Å². The number of hydrogen-bond acceptors (Lipinski definition) is 3. The Morgan fingerprint density at radius 1 is 1.38 bits per heavy atom. The number of aryl methyl sites for hydroxylation is 1. The van der Waals surface area contributed by atoms with Gasteiger partial charge in [0.25, 0.3) is 0 Å². The van der Waals surface area contributed by atoms with Gasteiger partial charge in [0.05, 0.1) is 18.6 Å². The van der Waals surface area contributed by atoms with Gasteiger partial charge in [0.2, 0.25) is 0 Å². The van der Waals surface area contributed by atoms with Crippen LogP contribution in [0.25, 0.3) is 0 Å². The van der Waals surface area contributed by atoms with Crippen LogP contribution < -0.4 is 0 Å². The topological polar surface area (TPSA) is 46.5 Å². The summed E-state index contributed by atoms with van der Waals surface area (Å²) >= 11 is 0. The van der Waals surface area contributed by atoms with Gasteiger partial charge in [-0.15, -0.1) is 0 Å². The van der Waals surface area contributed by atoms with Gasteiger partial charge in [-0.25, -0.2) is 0 Å². The van der Waals surface area contributed by atoms with Gasteiger partial charge in [-0.2, -0.15) is 0 Å². The zero-order valence-electron chi connectivity index (χ0n) is 9.56. The number of aliphatic hydroxyl groups is 1. The highest BCUT2D eigenvalue weighted by Crippen LogP contribution is 2.45. The molecule has 1 aromatic carbocycles. The molecule has 1 saturated carbocycles. The van der Waals surface area contributed by atoms with Gasteiger partial charge in [0, 0.05) is 0 Å². The maximum atomic E-state index is 11.2. The van der Waals surface area contributed by atoms with Gasteiger partial charge in [-0.05, 0) is 25.3 Å². The summed E-state index contributed by atoms with van der Waals surface area (Å²) in [5.74, 6) is -0.381. The Balaban J connectivity index is 2.07. The molecule has 0 bridgehead atoms. The molecular formula is C13H16O3. The molecule has 86 valence electrons. The van der Waals surface area contributed by atoms with Gasteiger partial charge in [-0.3, -0.25) is 4.79 Å². The van der Waals surface area contributed by atoms with Crippen molar-refractivity contribution in [2.75, 3.05) is 7.11 Å². The summed E-state index contributed by atoms with van der Waals surface area (Å²) in [7, 11) is 1.38. The molecule has 0 heterocycles. The lowest BCUT2D eigenvalue weighted by atomic mass is 9.67. The number of carbonyl (C=O) groups is 1. The lowest BCUT2D eigenvalue weighted by Gasteiger charge is -2.42. The van der Waals surface area contributed by atoms with Crippen molar-refractivity contribution in [3.63, 3.8) is 0 Å². The standard InChI is InChI=1S/C13H16O3/c1-9-3-5-11(6-4-9)13(15)7-10(8-13)12(14)16-2/h3-6,10,15H,7-8H2,1-2H3. The van der Waals surface area contributed by atoms with Crippen LogP contribution in [-0.2, 0) is 15.1 Å². The predicted octanol–water partition coefficient (Wildman–Crippen LogP) is 1.77. The van der Waals surface area contributed by atoms with Crippen molar-refractivity contribution in [2.45, 2.75) is 25.4 Å². The highest BCUT2D eigenvalue weighted by molar-refractivity contribution is 5.74. The maximum Gasteiger partial charge on any atom is 0.308 e. The monoisotopic (exact) mass is 220 g/mol. The van der Waals surface area contributed by atoms with Gasteiger partial charge >= 0.3 is 5.97 Å². The van der Waals surface area contributed by atoms with E-state index in [0.29, 0.717) is 12.8 Å². The largest absolute Gasteiger partial charge is 0.469 e. The molecule has 1 aromatic rings. The molecule has 0 amide bonds. The Morgan fingerprint density at radius 2 is 1.94 bits per heavy atom. The van der Waals surface area contributed by atoms with Crippen LogP contribution in [0, 0.1) is 12.8 Å². The molecule has 2 rings (SSSR count). The summed E-state index contributed by atoms with van der Waals surface area (Å²) in [5, 5.41) is 10.3. The molecule has 0 radical (unpaired) electrons. The number of ether oxygens (including phenoxy) is 1. The third kappa shape index (κ3) is 1.83. The molecule has 1 aliphatic rings. The Bertz CT molecular complexity index is 388. The lowest BCUT2D eigenvalue weighted by Crippen LogP contribution is -2.44. The Kier molecular flexibility index (Phi) is 2.72. The molecule has 1 aliphatic carbocycles. The third-order valence-corrected chi connectivity index (χ3v) is 3.29. The molecule has 16 heavy (non-hydrogen) atoms. The van der Waals surface area contributed by atoms with Crippen molar-refractivity contribution in [3.05, 3.63) is 35.4 Å². The molecule has 1 N–H and O–H groups in total. The first-order valence-corrected chi connectivity index (χ1v) is 5.42. The number of carbonyl (C=O) groups excluding carboxylic acids is 1. The number of esters is 1. The highest BCUT2D eigenvalue weighted by Gasteiger charge is 2.47. The summed E-state index contributed by atoms with van der Waals surface area (Å²) in [6, 6.07) is 7.78. The average Bonchev–Trinajstić information content (AvgIpc) is 2.25. The number of hydrogen-bond donors (Lipinski definition) is 1. The fourth-order valence-electron chi connectivity index (χ4n) is 2.19. The quantitative estimate of drug-likeness (QED) is 0.772. The van der Waals surface area contributed by atoms with Gasteiger partial charge in [0.15, 0.2) is 0 Å². The van der Waals surface area contributed by atoms with Crippen molar-refractivity contribution in [1.29, 1.82) is 0 Å². The predicted molar refractivity (Wildman–Crippen MR) is 59.8 cm³/mol. The van der Waals surface area contributed by atoms with Crippen LogP contribution >= 0.6 is 0 Å². The molecule has 0 unspecified atom stereocenters. The number of rotatable bonds is 2. The lowest BCUT2D eigenvalue weighted by molar-refractivity contribution is -0.163. The first kappa shape index (κ1) is 11.1. The first-order valence-electron chi connectivity index (χ1n) is 5.42. The molecule has 3 nitrogen and oxygen atoms in total. The summed E-state index contributed by atoms with van der Waals surface area (Å²) < 4.78 is 4.65. The van der Waals surface area contributed by atoms with Crippen molar-refractivity contribution in [1.82, 2.24) is 0 Å². The molecular weight excluding hydrogens is 204 g/mol. The summed E-state index contributed by atoms with van der Waals surface area (Å²) in [4.78, 5) is 11.2. The molecule has 3 heteroatoms. The summed E-state index contributed by atoms with van der Waals surface area (Å²) in [6.07, 6.45) is 0.922. The van der Waals surface area contributed by atoms with E-state index in [1.54, 1.807) is 0 Å². The van der Waals surface area contributed by atoms with E-state index in [-0.39, 0.29) is 11.9 Å². The van der Waals surface area contributed by atoms with Crippen molar-refractivity contribution < 1.29 is 14.6 Å². The smallest absolute Gasteiger partial charge is 0.308 e. The summed E-state index contributed by atoms with van der Waals surface area (Å²) in [6.45, 7) is 2.01. The molecule has 0 saturated heterocycles. The van der Waals surface area contributed by atoms with Crippen molar-refractivity contribution in [2.24, 2.45) is 5.92 Å².